The van der Waals surface area contributed by atoms with Crippen LogP contribution in [0.4, 0.5) is 0 Å². The van der Waals surface area contributed by atoms with Crippen molar-refractivity contribution < 1.29 is 9.53 Å². The molecular weight excluding hydrogens is 236 g/mol. The second-order valence-corrected chi connectivity index (χ2v) is 5.44. The van der Waals surface area contributed by atoms with Crippen molar-refractivity contribution in [2.24, 2.45) is 5.92 Å². The van der Waals surface area contributed by atoms with E-state index in [0.717, 1.165) is 25.0 Å². The van der Waals surface area contributed by atoms with Crippen LogP contribution in [0.5, 0.6) is 5.75 Å². The third-order valence-electron chi connectivity index (χ3n) is 3.08. The lowest BCUT2D eigenvalue weighted by Crippen LogP contribution is -2.00. The van der Waals surface area contributed by atoms with Crippen molar-refractivity contribution in [1.29, 1.82) is 0 Å². The molecule has 2 nitrogen and oxygen atoms in total. The number of Topliss-reactive ketones (excluding diaryl/α,β-unsaturated/α-hetero) is 1. The maximum absolute atomic E-state index is 11.1. The van der Waals surface area contributed by atoms with Crippen LogP contribution >= 0.6 is 0 Å². The van der Waals surface area contributed by atoms with Gasteiger partial charge in [0.25, 0.3) is 0 Å². The molecular formula is C17H26O2. The number of carbonyl (C=O) groups excluding carboxylic acids is 1. The highest BCUT2D eigenvalue weighted by Gasteiger charge is 2.00. The third-order valence-corrected chi connectivity index (χ3v) is 3.08. The molecule has 0 saturated carbocycles. The summed E-state index contributed by atoms with van der Waals surface area (Å²) < 4.78 is 5.67. The van der Waals surface area contributed by atoms with Gasteiger partial charge in [0, 0.05) is 12.8 Å². The smallest absolute Gasteiger partial charge is 0.132 e. The molecule has 1 rings (SSSR count). The number of unbranched alkanes of at least 4 members (excludes halogenated alkanes) is 1. The standard InChI is InChI=1S/C17H26O2/c1-4-16(18)7-5-6-12-19-17-10-8-15(9-11-17)13-14(2)3/h8-11,14H,4-7,12-13H2,1-3H3. The zero-order valence-corrected chi connectivity index (χ0v) is 12.4. The van der Waals surface area contributed by atoms with Gasteiger partial charge in [0.1, 0.15) is 11.5 Å². The van der Waals surface area contributed by atoms with Crippen molar-refractivity contribution in [1.82, 2.24) is 0 Å². The van der Waals surface area contributed by atoms with Gasteiger partial charge in [0.05, 0.1) is 6.61 Å². The first kappa shape index (κ1) is 15.7. The van der Waals surface area contributed by atoms with E-state index in [1.165, 1.54) is 5.56 Å². The Morgan fingerprint density at radius 3 is 2.42 bits per heavy atom. The van der Waals surface area contributed by atoms with Gasteiger partial charge < -0.3 is 4.74 Å². The lowest BCUT2D eigenvalue weighted by atomic mass is 10.0. The van der Waals surface area contributed by atoms with Crippen LogP contribution in [0, 0.1) is 5.92 Å². The number of ketones is 1. The van der Waals surface area contributed by atoms with Crippen LogP contribution in [0.3, 0.4) is 0 Å². The molecule has 0 atom stereocenters. The Hall–Kier alpha value is -1.31. The predicted molar refractivity (Wildman–Crippen MR) is 79.6 cm³/mol. The number of benzene rings is 1. The van der Waals surface area contributed by atoms with Crippen LogP contribution in [0.15, 0.2) is 24.3 Å². The van der Waals surface area contributed by atoms with Gasteiger partial charge in [-0.05, 0) is 42.9 Å². The van der Waals surface area contributed by atoms with Crippen LogP contribution in [-0.4, -0.2) is 12.4 Å². The Morgan fingerprint density at radius 2 is 1.84 bits per heavy atom. The molecule has 19 heavy (non-hydrogen) atoms. The fourth-order valence-corrected chi connectivity index (χ4v) is 1.98. The van der Waals surface area contributed by atoms with Gasteiger partial charge in [0.15, 0.2) is 0 Å². The first-order chi connectivity index (χ1) is 9.11. The zero-order valence-electron chi connectivity index (χ0n) is 12.4. The molecule has 0 saturated heterocycles. The normalized spacial score (nSPS) is 10.7. The molecule has 0 radical (unpaired) electrons. The summed E-state index contributed by atoms with van der Waals surface area (Å²) in [6, 6.07) is 8.34. The van der Waals surface area contributed by atoms with E-state index in [1.807, 2.05) is 19.1 Å². The molecule has 0 fully saturated rings. The number of hydrogen-bond acceptors (Lipinski definition) is 2. The van der Waals surface area contributed by atoms with Crippen LogP contribution in [0.2, 0.25) is 0 Å². The SMILES string of the molecule is CCC(=O)CCCCOc1ccc(CC(C)C)cc1. The minimum Gasteiger partial charge on any atom is -0.494 e. The lowest BCUT2D eigenvalue weighted by Gasteiger charge is -2.08. The molecule has 1 aromatic rings. The van der Waals surface area contributed by atoms with Gasteiger partial charge in [-0.1, -0.05) is 32.9 Å². The molecule has 1 aromatic carbocycles. The molecule has 0 heterocycles. The minimum absolute atomic E-state index is 0.345. The second kappa shape index (κ2) is 8.73. The Balaban J connectivity index is 2.21. The average Bonchev–Trinajstić information content (AvgIpc) is 2.39. The summed E-state index contributed by atoms with van der Waals surface area (Å²) in [5.74, 6) is 1.95. The summed E-state index contributed by atoms with van der Waals surface area (Å²) in [5.41, 5.74) is 1.36. The van der Waals surface area contributed by atoms with Crippen LogP contribution in [-0.2, 0) is 11.2 Å². The zero-order chi connectivity index (χ0) is 14.1. The highest BCUT2D eigenvalue weighted by molar-refractivity contribution is 5.77. The summed E-state index contributed by atoms with van der Waals surface area (Å²) in [6.45, 7) is 7.06. The fourth-order valence-electron chi connectivity index (χ4n) is 1.98. The van der Waals surface area contributed by atoms with Crippen molar-refractivity contribution in [2.45, 2.75) is 52.9 Å². The third kappa shape index (κ3) is 7.00. The van der Waals surface area contributed by atoms with E-state index in [0.29, 0.717) is 31.1 Å². The van der Waals surface area contributed by atoms with Gasteiger partial charge in [-0.3, -0.25) is 4.79 Å². The number of rotatable bonds is 9. The van der Waals surface area contributed by atoms with Gasteiger partial charge in [-0.15, -0.1) is 0 Å². The molecule has 0 aliphatic carbocycles. The number of carbonyl (C=O) groups is 1. The highest BCUT2D eigenvalue weighted by Crippen LogP contribution is 2.15. The van der Waals surface area contributed by atoms with E-state index in [2.05, 4.69) is 26.0 Å². The molecule has 0 aliphatic rings. The molecule has 2 heteroatoms. The Morgan fingerprint density at radius 1 is 1.16 bits per heavy atom. The maximum Gasteiger partial charge on any atom is 0.132 e. The summed E-state index contributed by atoms with van der Waals surface area (Å²) >= 11 is 0. The number of ether oxygens (including phenoxy) is 1. The van der Waals surface area contributed by atoms with Crippen molar-refractivity contribution in [3.05, 3.63) is 29.8 Å². The van der Waals surface area contributed by atoms with Crippen LogP contribution < -0.4 is 4.74 Å². The minimum atomic E-state index is 0.345. The Bertz CT molecular complexity index is 365. The van der Waals surface area contributed by atoms with Crippen molar-refractivity contribution >= 4 is 5.78 Å². The van der Waals surface area contributed by atoms with Crippen molar-refractivity contribution in [2.75, 3.05) is 6.61 Å². The largest absolute Gasteiger partial charge is 0.494 e. The molecule has 0 bridgehead atoms. The first-order valence-corrected chi connectivity index (χ1v) is 7.35. The van der Waals surface area contributed by atoms with E-state index < -0.39 is 0 Å². The van der Waals surface area contributed by atoms with E-state index in [9.17, 15) is 4.79 Å². The van der Waals surface area contributed by atoms with Crippen LogP contribution in [0.1, 0.15) is 52.0 Å². The van der Waals surface area contributed by atoms with Crippen LogP contribution in [0.25, 0.3) is 0 Å². The molecule has 0 unspecified atom stereocenters. The molecule has 0 aliphatic heterocycles. The van der Waals surface area contributed by atoms with Gasteiger partial charge >= 0.3 is 0 Å². The van der Waals surface area contributed by atoms with Gasteiger partial charge in [-0.25, -0.2) is 0 Å². The molecule has 0 amide bonds. The van der Waals surface area contributed by atoms with Gasteiger partial charge in [0.2, 0.25) is 0 Å². The first-order valence-electron chi connectivity index (χ1n) is 7.35. The molecule has 0 N–H and O–H groups in total. The quantitative estimate of drug-likeness (QED) is 0.616. The van der Waals surface area contributed by atoms with Gasteiger partial charge in [-0.2, -0.15) is 0 Å². The lowest BCUT2D eigenvalue weighted by molar-refractivity contribution is -0.118. The van der Waals surface area contributed by atoms with E-state index in [1.54, 1.807) is 0 Å². The van der Waals surface area contributed by atoms with E-state index in [4.69, 9.17) is 4.74 Å². The van der Waals surface area contributed by atoms with E-state index in [-0.39, 0.29) is 0 Å². The summed E-state index contributed by atoms with van der Waals surface area (Å²) in [6.07, 6.45) is 4.32. The van der Waals surface area contributed by atoms with Crippen molar-refractivity contribution in [3.8, 4) is 5.75 Å². The summed E-state index contributed by atoms with van der Waals surface area (Å²) in [7, 11) is 0. The average molecular weight is 262 g/mol. The second-order valence-electron chi connectivity index (χ2n) is 5.44. The molecule has 0 aromatic heterocycles. The van der Waals surface area contributed by atoms with E-state index >= 15 is 0 Å². The maximum atomic E-state index is 11.1. The fraction of sp³-hybridized carbons (Fsp3) is 0.588. The number of hydrogen-bond donors (Lipinski definition) is 0. The molecule has 106 valence electrons. The Labute approximate surface area is 117 Å². The Kier molecular flexibility index (Phi) is 7.24. The molecule has 0 spiro atoms. The summed E-state index contributed by atoms with van der Waals surface area (Å²) in [5, 5.41) is 0. The topological polar surface area (TPSA) is 26.3 Å². The highest BCUT2D eigenvalue weighted by atomic mass is 16.5. The van der Waals surface area contributed by atoms with Crippen molar-refractivity contribution in [3.63, 3.8) is 0 Å². The predicted octanol–water partition coefficient (Wildman–Crippen LogP) is 4.41. The summed E-state index contributed by atoms with van der Waals surface area (Å²) in [4.78, 5) is 11.1. The monoisotopic (exact) mass is 262 g/mol.